The first kappa shape index (κ1) is 38.2. The molecule has 0 saturated heterocycles. The fourth-order valence-electron chi connectivity index (χ4n) is 8.73. The van der Waals surface area contributed by atoms with Crippen molar-refractivity contribution in [2.75, 3.05) is 0 Å². The van der Waals surface area contributed by atoms with Crippen LogP contribution in [0.25, 0.3) is 21.5 Å². The van der Waals surface area contributed by atoms with E-state index in [0.717, 1.165) is 24.3 Å². The van der Waals surface area contributed by atoms with E-state index >= 15 is 0 Å². The summed E-state index contributed by atoms with van der Waals surface area (Å²) in [6.45, 7) is 4.60. The normalized spacial score (nSPS) is 12.7. The van der Waals surface area contributed by atoms with Crippen molar-refractivity contribution in [2.45, 2.75) is 161 Å². The lowest BCUT2D eigenvalue weighted by atomic mass is 9.78. The van der Waals surface area contributed by atoms with Crippen LogP contribution < -0.4 is 4.74 Å². The molecule has 5 aromatic carbocycles. The van der Waals surface area contributed by atoms with Crippen molar-refractivity contribution in [3.63, 3.8) is 0 Å². The van der Waals surface area contributed by atoms with Crippen LogP contribution in [0.3, 0.4) is 0 Å². The van der Waals surface area contributed by atoms with E-state index in [-0.39, 0.29) is 5.92 Å². The molecule has 1 aliphatic rings. The molecule has 6 rings (SSSR count). The van der Waals surface area contributed by atoms with Gasteiger partial charge in [-0.2, -0.15) is 0 Å². The first-order chi connectivity index (χ1) is 25.8. The SMILES string of the molecule is CCCCCCCCCCCCc1ccc2c3c(ccc2c1)Oc1ccc2cc(CCCCCCCCCCCC)ccc2c1C3c1ccccc1. The van der Waals surface area contributed by atoms with Gasteiger partial charge in [-0.1, -0.05) is 208 Å². The third kappa shape index (κ3) is 10.3. The molecule has 276 valence electrons. The van der Waals surface area contributed by atoms with Crippen LogP contribution in [0.1, 0.15) is 176 Å². The number of benzene rings is 5. The van der Waals surface area contributed by atoms with Crippen LogP contribution in [0.15, 0.2) is 91.0 Å². The van der Waals surface area contributed by atoms with Crippen LogP contribution in [-0.4, -0.2) is 0 Å². The first-order valence-corrected chi connectivity index (χ1v) is 21.6. The zero-order valence-corrected chi connectivity index (χ0v) is 32.7. The Morgan fingerprint density at radius 1 is 0.404 bits per heavy atom. The van der Waals surface area contributed by atoms with Crippen LogP contribution in [0, 0.1) is 0 Å². The average molecular weight is 695 g/mol. The van der Waals surface area contributed by atoms with Gasteiger partial charge in [-0.3, -0.25) is 0 Å². The third-order valence-electron chi connectivity index (χ3n) is 11.7. The Labute approximate surface area is 316 Å². The summed E-state index contributed by atoms with van der Waals surface area (Å²) in [5.74, 6) is 2.11. The zero-order valence-electron chi connectivity index (χ0n) is 32.7. The second kappa shape index (κ2) is 20.6. The minimum atomic E-state index is 0.119. The molecule has 0 aromatic heterocycles. The molecule has 0 bridgehead atoms. The van der Waals surface area contributed by atoms with Gasteiger partial charge in [0.2, 0.25) is 0 Å². The summed E-state index contributed by atoms with van der Waals surface area (Å²) in [6.07, 6.45) is 29.9. The number of aryl methyl sites for hydroxylation is 2. The highest BCUT2D eigenvalue weighted by Crippen LogP contribution is 2.52. The number of rotatable bonds is 23. The van der Waals surface area contributed by atoms with Crippen molar-refractivity contribution >= 4 is 21.5 Å². The average Bonchev–Trinajstić information content (AvgIpc) is 3.18. The quantitative estimate of drug-likeness (QED) is 0.0607. The van der Waals surface area contributed by atoms with Gasteiger partial charge in [0.15, 0.2) is 0 Å². The number of hydrogen-bond acceptors (Lipinski definition) is 1. The minimum Gasteiger partial charge on any atom is -0.457 e. The third-order valence-corrected chi connectivity index (χ3v) is 11.7. The van der Waals surface area contributed by atoms with Crippen molar-refractivity contribution < 1.29 is 4.74 Å². The number of fused-ring (bicyclic) bond motifs is 6. The van der Waals surface area contributed by atoms with E-state index in [1.807, 2.05) is 0 Å². The Bertz CT molecular complexity index is 1690. The van der Waals surface area contributed by atoms with Gasteiger partial charge >= 0.3 is 0 Å². The summed E-state index contributed by atoms with van der Waals surface area (Å²) in [6, 6.07) is 34.6. The minimum absolute atomic E-state index is 0.119. The lowest BCUT2D eigenvalue weighted by Gasteiger charge is -2.31. The van der Waals surface area contributed by atoms with Crippen molar-refractivity contribution in [1.29, 1.82) is 0 Å². The molecule has 5 aromatic rings. The second-order valence-corrected chi connectivity index (χ2v) is 15.9. The Hall–Kier alpha value is -3.58. The lowest BCUT2D eigenvalue weighted by Crippen LogP contribution is -2.13. The molecule has 0 unspecified atom stereocenters. The molecule has 0 saturated carbocycles. The smallest absolute Gasteiger partial charge is 0.132 e. The highest BCUT2D eigenvalue weighted by Gasteiger charge is 2.32. The van der Waals surface area contributed by atoms with Crippen LogP contribution in [0.4, 0.5) is 0 Å². The number of hydrogen-bond donors (Lipinski definition) is 0. The summed E-state index contributed by atoms with van der Waals surface area (Å²) in [5, 5.41) is 5.29. The zero-order chi connectivity index (χ0) is 35.8. The Morgan fingerprint density at radius 2 is 0.808 bits per heavy atom. The molecule has 0 spiro atoms. The van der Waals surface area contributed by atoms with Gasteiger partial charge < -0.3 is 4.74 Å². The highest BCUT2D eigenvalue weighted by molar-refractivity contribution is 5.95. The number of ether oxygens (including phenoxy) is 1. The lowest BCUT2D eigenvalue weighted by molar-refractivity contribution is 0.456. The van der Waals surface area contributed by atoms with E-state index in [0.29, 0.717) is 0 Å². The molecule has 0 atom stereocenters. The first-order valence-electron chi connectivity index (χ1n) is 21.6. The standard InChI is InChI=1S/C51H66O/c1-3-5-7-9-11-13-15-17-19-22-26-40-30-34-45-43(38-40)32-36-47-50(45)49(42-28-24-21-25-29-42)51-46-35-31-41(39-44(46)33-37-48(51)52-47)27-23-20-18-16-14-12-10-8-6-4-2/h21,24-25,28-39,49H,3-20,22-23,26-27H2,1-2H3. The summed E-state index contributed by atoms with van der Waals surface area (Å²) in [4.78, 5) is 0. The highest BCUT2D eigenvalue weighted by atomic mass is 16.5. The molecule has 52 heavy (non-hydrogen) atoms. The molecule has 0 fully saturated rings. The fraction of sp³-hybridized carbons (Fsp3) is 0.490. The largest absolute Gasteiger partial charge is 0.457 e. The van der Waals surface area contributed by atoms with Gasteiger partial charge in [-0.15, -0.1) is 0 Å². The van der Waals surface area contributed by atoms with Gasteiger partial charge in [0.25, 0.3) is 0 Å². The van der Waals surface area contributed by atoms with E-state index in [1.54, 1.807) is 0 Å². The maximum Gasteiger partial charge on any atom is 0.132 e. The summed E-state index contributed by atoms with van der Waals surface area (Å²) >= 11 is 0. The molecule has 1 heteroatoms. The monoisotopic (exact) mass is 695 g/mol. The van der Waals surface area contributed by atoms with E-state index in [2.05, 4.69) is 105 Å². The van der Waals surface area contributed by atoms with Crippen LogP contribution in [0.5, 0.6) is 11.5 Å². The predicted octanol–water partition coefficient (Wildman–Crippen LogP) is 16.2. The predicted molar refractivity (Wildman–Crippen MR) is 226 cm³/mol. The van der Waals surface area contributed by atoms with Crippen LogP contribution >= 0.6 is 0 Å². The van der Waals surface area contributed by atoms with Gasteiger partial charge in [-0.25, -0.2) is 0 Å². The second-order valence-electron chi connectivity index (χ2n) is 15.9. The molecule has 1 aliphatic heterocycles. The van der Waals surface area contributed by atoms with Crippen LogP contribution in [0.2, 0.25) is 0 Å². The summed E-state index contributed by atoms with van der Waals surface area (Å²) in [7, 11) is 0. The van der Waals surface area contributed by atoms with E-state index < -0.39 is 0 Å². The summed E-state index contributed by atoms with van der Waals surface area (Å²) < 4.78 is 6.78. The van der Waals surface area contributed by atoms with Gasteiger partial charge in [0.05, 0.1) is 0 Å². The van der Waals surface area contributed by atoms with Crippen LogP contribution in [-0.2, 0) is 12.8 Å². The van der Waals surface area contributed by atoms with Crippen molar-refractivity contribution in [3.8, 4) is 11.5 Å². The molecular formula is C51H66O. The van der Waals surface area contributed by atoms with Crippen molar-refractivity contribution in [3.05, 3.63) is 119 Å². The molecule has 0 aliphatic carbocycles. The molecule has 0 radical (unpaired) electrons. The molecule has 1 heterocycles. The maximum atomic E-state index is 6.78. The van der Waals surface area contributed by atoms with Crippen molar-refractivity contribution in [1.82, 2.24) is 0 Å². The Morgan fingerprint density at radius 3 is 1.23 bits per heavy atom. The molecule has 1 nitrogen and oxygen atoms in total. The Kier molecular flexibility index (Phi) is 15.1. The van der Waals surface area contributed by atoms with Crippen molar-refractivity contribution in [2.24, 2.45) is 0 Å². The van der Waals surface area contributed by atoms with E-state index in [1.165, 1.54) is 178 Å². The number of unbranched alkanes of at least 4 members (excludes halogenated alkanes) is 18. The van der Waals surface area contributed by atoms with Gasteiger partial charge in [0.1, 0.15) is 11.5 Å². The Balaban J connectivity index is 1.14. The van der Waals surface area contributed by atoms with E-state index in [9.17, 15) is 0 Å². The molecule has 0 amide bonds. The molecule has 0 N–H and O–H groups in total. The van der Waals surface area contributed by atoms with Gasteiger partial charge in [0, 0.05) is 17.0 Å². The topological polar surface area (TPSA) is 9.23 Å². The fourth-order valence-corrected chi connectivity index (χ4v) is 8.73. The summed E-state index contributed by atoms with van der Waals surface area (Å²) in [5.41, 5.74) is 6.87. The molecular weight excluding hydrogens is 629 g/mol. The van der Waals surface area contributed by atoms with Gasteiger partial charge in [-0.05, 0) is 76.1 Å². The van der Waals surface area contributed by atoms with E-state index in [4.69, 9.17) is 4.74 Å². The maximum absolute atomic E-state index is 6.78.